The lowest BCUT2D eigenvalue weighted by Gasteiger charge is -2.04. The molecule has 4 rings (SSSR count). The molecule has 1 amide bonds. The maximum Gasteiger partial charge on any atom is 0.264 e. The highest BCUT2D eigenvalue weighted by molar-refractivity contribution is 9.10. The van der Waals surface area contributed by atoms with Crippen molar-refractivity contribution >= 4 is 85.1 Å². The number of benzene rings is 2. The predicted octanol–water partition coefficient (Wildman–Crippen LogP) is 5.12. The highest BCUT2D eigenvalue weighted by Gasteiger charge is 2.14. The Labute approximate surface area is 232 Å². The Kier molecular flexibility index (Phi) is 9.20. The quantitative estimate of drug-likeness (QED) is 0.0722. The molecule has 0 saturated heterocycles. The number of nitrogen functional groups attached to an aromatic ring is 1. The first-order valence-corrected chi connectivity index (χ1v) is 14.2. The van der Waals surface area contributed by atoms with Crippen molar-refractivity contribution in [2.75, 3.05) is 22.3 Å². The molecule has 0 aliphatic carbocycles. The number of nitrogens with one attached hydrogen (secondary N) is 2. The number of hydrazone groups is 1. The molecule has 0 radical (unpaired) electrons. The van der Waals surface area contributed by atoms with Crippen LogP contribution in [0.25, 0.3) is 0 Å². The van der Waals surface area contributed by atoms with Crippen LogP contribution in [0.2, 0.25) is 5.02 Å². The summed E-state index contributed by atoms with van der Waals surface area (Å²) in [6, 6.07) is 15.4. The van der Waals surface area contributed by atoms with Gasteiger partial charge in [0.05, 0.1) is 11.5 Å². The predicted molar refractivity (Wildman–Crippen MR) is 150 cm³/mol. The minimum atomic E-state index is -0.257. The number of carbonyl (C=O) groups is 1. The number of aromatic nitrogens is 5. The van der Waals surface area contributed by atoms with Gasteiger partial charge in [0.25, 0.3) is 5.95 Å². The van der Waals surface area contributed by atoms with Crippen molar-refractivity contribution in [3.8, 4) is 0 Å². The molecule has 0 spiro atoms. The highest BCUT2D eigenvalue weighted by Crippen LogP contribution is 2.29. The number of rotatable bonds is 10. The first kappa shape index (κ1) is 26.4. The van der Waals surface area contributed by atoms with E-state index in [9.17, 15) is 4.79 Å². The molecule has 0 unspecified atom stereocenters. The fourth-order valence-electron chi connectivity index (χ4n) is 2.67. The number of nitrogens with zero attached hydrogens (tertiary/aromatic N) is 6. The van der Waals surface area contributed by atoms with Gasteiger partial charge >= 0.3 is 0 Å². The van der Waals surface area contributed by atoms with Gasteiger partial charge in [-0.15, -0.1) is 20.4 Å². The van der Waals surface area contributed by atoms with E-state index in [1.54, 1.807) is 0 Å². The van der Waals surface area contributed by atoms with Crippen LogP contribution < -0.4 is 16.6 Å². The molecule has 2 aromatic carbocycles. The number of halogens is 2. The zero-order valence-corrected chi connectivity index (χ0v) is 23.5. The van der Waals surface area contributed by atoms with E-state index in [1.807, 2.05) is 55.5 Å². The lowest BCUT2D eigenvalue weighted by molar-refractivity contribution is -0.113. The van der Waals surface area contributed by atoms with Crippen molar-refractivity contribution in [3.63, 3.8) is 0 Å². The first-order valence-electron chi connectivity index (χ1n) is 10.3. The number of carbonyl (C=O) groups excluding carboxylic acids is 1. The molecule has 15 heteroatoms. The second-order valence-electron chi connectivity index (χ2n) is 7.12. The average Bonchev–Trinajstić information content (AvgIpc) is 3.47. The molecule has 2 aromatic heterocycles. The minimum Gasteiger partial charge on any atom is -0.334 e. The van der Waals surface area contributed by atoms with Gasteiger partial charge < -0.3 is 5.84 Å². The smallest absolute Gasteiger partial charge is 0.264 e. The van der Waals surface area contributed by atoms with Gasteiger partial charge in [-0.1, -0.05) is 86.7 Å². The molecular weight excluding hydrogens is 606 g/mol. The topological polar surface area (TPSA) is 136 Å². The molecule has 4 aromatic rings. The maximum absolute atomic E-state index is 12.4. The third-order valence-electron chi connectivity index (χ3n) is 4.51. The number of hydrogen-bond acceptors (Lipinski definition) is 11. The summed E-state index contributed by atoms with van der Waals surface area (Å²) in [6.45, 7) is 1.86. The first-order chi connectivity index (χ1) is 17.4. The summed E-state index contributed by atoms with van der Waals surface area (Å²) in [7, 11) is 0. The summed E-state index contributed by atoms with van der Waals surface area (Å²) in [5.74, 6) is 6.84. The largest absolute Gasteiger partial charge is 0.334 e. The number of anilines is 2. The zero-order valence-electron chi connectivity index (χ0n) is 18.7. The molecular formula is C21H19BrClN9OS3. The van der Waals surface area contributed by atoms with Crippen LogP contribution in [0, 0.1) is 0 Å². The SMILES string of the molecule is C/C(=N\Nc1nnc(SCC(=O)Nc2nnc(SCc3ccc(Cl)cc3)s2)n1N)c1ccc(Br)cc1. The normalized spacial score (nSPS) is 11.5. The van der Waals surface area contributed by atoms with Crippen LogP contribution in [0.4, 0.5) is 11.1 Å². The van der Waals surface area contributed by atoms with Gasteiger partial charge in [0.1, 0.15) is 0 Å². The minimum absolute atomic E-state index is 0.0728. The van der Waals surface area contributed by atoms with E-state index >= 15 is 0 Å². The van der Waals surface area contributed by atoms with Gasteiger partial charge in [0.15, 0.2) is 4.34 Å². The van der Waals surface area contributed by atoms with Crippen molar-refractivity contribution in [1.29, 1.82) is 0 Å². The monoisotopic (exact) mass is 623 g/mol. The van der Waals surface area contributed by atoms with E-state index in [0.29, 0.717) is 15.3 Å². The van der Waals surface area contributed by atoms with Crippen molar-refractivity contribution in [2.45, 2.75) is 22.2 Å². The number of amides is 1. The van der Waals surface area contributed by atoms with E-state index in [2.05, 4.69) is 52.2 Å². The van der Waals surface area contributed by atoms with Crippen molar-refractivity contribution in [3.05, 3.63) is 69.2 Å². The average molecular weight is 625 g/mol. The van der Waals surface area contributed by atoms with Crippen molar-refractivity contribution in [2.24, 2.45) is 5.10 Å². The Hall–Kier alpha value is -2.65. The summed E-state index contributed by atoms with van der Waals surface area (Å²) >= 11 is 13.3. The van der Waals surface area contributed by atoms with Crippen molar-refractivity contribution < 1.29 is 4.79 Å². The Morgan fingerprint density at radius 3 is 2.61 bits per heavy atom. The molecule has 0 bridgehead atoms. The Bertz CT molecular complexity index is 1360. The maximum atomic E-state index is 12.4. The summed E-state index contributed by atoms with van der Waals surface area (Å²) in [6.07, 6.45) is 0. The van der Waals surface area contributed by atoms with E-state index in [0.717, 1.165) is 43.2 Å². The third kappa shape index (κ3) is 7.43. The number of hydrogen-bond donors (Lipinski definition) is 3. The van der Waals surface area contributed by atoms with Gasteiger partial charge in [-0.3, -0.25) is 10.1 Å². The molecule has 0 aliphatic heterocycles. The van der Waals surface area contributed by atoms with Crippen molar-refractivity contribution in [1.82, 2.24) is 25.1 Å². The van der Waals surface area contributed by atoms with E-state index in [-0.39, 0.29) is 17.6 Å². The summed E-state index contributed by atoms with van der Waals surface area (Å²) in [5, 5.41) is 24.7. The van der Waals surface area contributed by atoms with Crippen LogP contribution in [0.15, 0.2) is 67.6 Å². The summed E-state index contributed by atoms with van der Waals surface area (Å²) in [4.78, 5) is 12.4. The van der Waals surface area contributed by atoms with Gasteiger partial charge in [-0.25, -0.2) is 10.1 Å². The van der Waals surface area contributed by atoms with Crippen LogP contribution in [0.5, 0.6) is 0 Å². The van der Waals surface area contributed by atoms with E-state index < -0.39 is 0 Å². The standard InChI is InChI=1S/C21H19BrClN9OS3/c1-12(14-4-6-15(22)7-5-14)26-27-18-28-30-20(32(18)24)34-11-17(33)25-19-29-31-21(36-19)35-10-13-2-8-16(23)9-3-13/h2-9H,10-11,24H2,1H3,(H,27,28)(H,25,29,33)/b26-12+. The molecule has 2 heterocycles. The Morgan fingerprint density at radius 1 is 1.11 bits per heavy atom. The molecule has 10 nitrogen and oxygen atoms in total. The molecule has 0 saturated carbocycles. The van der Waals surface area contributed by atoms with Gasteiger partial charge in [-0.2, -0.15) is 5.10 Å². The Balaban J connectivity index is 1.25. The fraction of sp³-hybridized carbons (Fsp3) is 0.143. The zero-order chi connectivity index (χ0) is 25.5. The lowest BCUT2D eigenvalue weighted by atomic mass is 10.1. The molecule has 0 atom stereocenters. The van der Waals surface area contributed by atoms with Crippen LogP contribution in [-0.4, -0.2) is 42.4 Å². The molecule has 36 heavy (non-hydrogen) atoms. The van der Waals surface area contributed by atoms with E-state index in [4.69, 9.17) is 17.4 Å². The second kappa shape index (κ2) is 12.5. The molecule has 4 N–H and O–H groups in total. The lowest BCUT2D eigenvalue weighted by Crippen LogP contribution is -2.17. The van der Waals surface area contributed by atoms with E-state index in [1.165, 1.54) is 27.8 Å². The third-order valence-corrected chi connectivity index (χ3v) is 8.28. The van der Waals surface area contributed by atoms with Crippen LogP contribution in [-0.2, 0) is 10.5 Å². The molecule has 0 fully saturated rings. The summed E-state index contributed by atoms with van der Waals surface area (Å²) < 4.78 is 2.98. The van der Waals surface area contributed by atoms with Gasteiger partial charge in [0, 0.05) is 15.2 Å². The van der Waals surface area contributed by atoms with Crippen LogP contribution in [0.3, 0.4) is 0 Å². The van der Waals surface area contributed by atoms with Crippen LogP contribution >= 0.6 is 62.4 Å². The van der Waals surface area contributed by atoms with Gasteiger partial charge in [0.2, 0.25) is 16.2 Å². The molecule has 0 aliphatic rings. The highest BCUT2D eigenvalue weighted by atomic mass is 79.9. The second-order valence-corrected chi connectivity index (χ2v) is 11.6. The van der Waals surface area contributed by atoms with Gasteiger partial charge in [-0.05, 0) is 42.3 Å². The summed E-state index contributed by atoms with van der Waals surface area (Å²) in [5.41, 5.74) is 5.62. The molecule has 186 valence electrons. The fourth-order valence-corrected chi connectivity index (χ4v) is 5.44. The van der Waals surface area contributed by atoms with Crippen LogP contribution in [0.1, 0.15) is 18.1 Å². The number of thioether (sulfide) groups is 2. The number of nitrogens with two attached hydrogens (primary N) is 1. The Morgan fingerprint density at radius 2 is 1.86 bits per heavy atom.